The van der Waals surface area contributed by atoms with Crippen LogP contribution in [0.3, 0.4) is 0 Å². The van der Waals surface area contributed by atoms with E-state index in [9.17, 15) is 4.79 Å². The van der Waals surface area contributed by atoms with E-state index >= 15 is 0 Å². The maximum atomic E-state index is 12.1. The fraction of sp³-hybridized carbons (Fsp3) is 0.571. The lowest BCUT2D eigenvalue weighted by atomic mass is 10.1. The largest absolute Gasteiger partial charge is 0.370 e. The highest BCUT2D eigenvalue weighted by Gasteiger charge is 2.14. The highest BCUT2D eigenvalue weighted by Crippen LogP contribution is 2.15. The molecule has 0 bridgehead atoms. The van der Waals surface area contributed by atoms with Crippen molar-refractivity contribution in [2.45, 2.75) is 40.2 Å². The molecule has 1 atom stereocenters. The minimum Gasteiger partial charge on any atom is -0.370 e. The van der Waals surface area contributed by atoms with Gasteiger partial charge in [-0.3, -0.25) is 4.79 Å². The van der Waals surface area contributed by atoms with Crippen LogP contribution >= 0.6 is 11.6 Å². The molecule has 0 saturated carbocycles. The second kappa shape index (κ2) is 7.34. The summed E-state index contributed by atoms with van der Waals surface area (Å²) in [6.07, 6.45) is 0.986. The Morgan fingerprint density at radius 3 is 2.63 bits per heavy atom. The molecule has 1 unspecified atom stereocenters. The standard InChI is InChI=1S/C14H22ClN3O/c1-5-6-16-13-8-11(7-12(15)18-13)14(19)17-10(4)9(2)3/h7-10H,5-6H2,1-4H3,(H,16,18)(H,17,19). The zero-order valence-corrected chi connectivity index (χ0v) is 12.7. The highest BCUT2D eigenvalue weighted by atomic mass is 35.5. The number of anilines is 1. The summed E-state index contributed by atoms with van der Waals surface area (Å²) >= 11 is 5.94. The van der Waals surface area contributed by atoms with E-state index in [1.165, 1.54) is 0 Å². The smallest absolute Gasteiger partial charge is 0.251 e. The molecule has 4 nitrogen and oxygen atoms in total. The molecule has 0 saturated heterocycles. The van der Waals surface area contributed by atoms with Gasteiger partial charge in [0.25, 0.3) is 5.91 Å². The molecular formula is C14H22ClN3O. The van der Waals surface area contributed by atoms with Crippen molar-refractivity contribution in [3.05, 3.63) is 22.8 Å². The van der Waals surface area contributed by atoms with Crippen molar-refractivity contribution >= 4 is 23.3 Å². The maximum absolute atomic E-state index is 12.1. The number of nitrogens with one attached hydrogen (secondary N) is 2. The summed E-state index contributed by atoms with van der Waals surface area (Å²) in [7, 11) is 0. The number of amides is 1. The number of carbonyl (C=O) groups excluding carboxylic acids is 1. The molecule has 1 heterocycles. The van der Waals surface area contributed by atoms with E-state index in [2.05, 4.69) is 36.4 Å². The number of nitrogens with zero attached hydrogens (tertiary/aromatic N) is 1. The van der Waals surface area contributed by atoms with Crippen LogP contribution in [0.25, 0.3) is 0 Å². The number of rotatable bonds is 6. The number of hydrogen-bond acceptors (Lipinski definition) is 3. The molecule has 0 aromatic carbocycles. The molecule has 1 rings (SSSR count). The van der Waals surface area contributed by atoms with Gasteiger partial charge in [-0.05, 0) is 31.4 Å². The molecule has 0 aliphatic rings. The van der Waals surface area contributed by atoms with Crippen LogP contribution < -0.4 is 10.6 Å². The fourth-order valence-electron chi connectivity index (χ4n) is 1.43. The third-order valence-electron chi connectivity index (χ3n) is 2.97. The van der Waals surface area contributed by atoms with Crippen molar-refractivity contribution in [2.75, 3.05) is 11.9 Å². The molecule has 2 N–H and O–H groups in total. The second-order valence-electron chi connectivity index (χ2n) is 5.00. The van der Waals surface area contributed by atoms with Crippen LogP contribution in [0.15, 0.2) is 12.1 Å². The zero-order valence-electron chi connectivity index (χ0n) is 12.0. The Morgan fingerprint density at radius 2 is 2.05 bits per heavy atom. The molecule has 0 radical (unpaired) electrons. The minimum atomic E-state index is -0.120. The molecule has 0 fully saturated rings. The topological polar surface area (TPSA) is 54.0 Å². The van der Waals surface area contributed by atoms with E-state index in [1.807, 2.05) is 6.92 Å². The number of halogens is 1. The third-order valence-corrected chi connectivity index (χ3v) is 3.16. The molecular weight excluding hydrogens is 262 g/mol. The maximum Gasteiger partial charge on any atom is 0.251 e. The molecule has 1 amide bonds. The molecule has 5 heteroatoms. The van der Waals surface area contributed by atoms with Gasteiger partial charge in [-0.15, -0.1) is 0 Å². The number of hydrogen-bond donors (Lipinski definition) is 2. The van der Waals surface area contributed by atoms with Gasteiger partial charge in [-0.1, -0.05) is 32.4 Å². The Bertz CT molecular complexity index is 435. The Labute approximate surface area is 120 Å². The van der Waals surface area contributed by atoms with Gasteiger partial charge in [0.1, 0.15) is 11.0 Å². The van der Waals surface area contributed by atoms with Crippen LogP contribution in [-0.2, 0) is 0 Å². The first-order valence-electron chi connectivity index (χ1n) is 6.66. The summed E-state index contributed by atoms with van der Waals surface area (Å²) in [5, 5.41) is 6.41. The normalized spacial score (nSPS) is 12.3. The minimum absolute atomic E-state index is 0.117. The van der Waals surface area contributed by atoms with Gasteiger partial charge in [0.15, 0.2) is 0 Å². The Morgan fingerprint density at radius 1 is 1.37 bits per heavy atom. The van der Waals surface area contributed by atoms with Crippen LogP contribution in [0.1, 0.15) is 44.5 Å². The quantitative estimate of drug-likeness (QED) is 0.788. The first-order chi connectivity index (χ1) is 8.93. The monoisotopic (exact) mass is 283 g/mol. The molecule has 0 spiro atoms. The van der Waals surface area contributed by atoms with Crippen LogP contribution in [0.4, 0.5) is 5.82 Å². The average molecular weight is 284 g/mol. The number of aromatic nitrogens is 1. The lowest BCUT2D eigenvalue weighted by Gasteiger charge is -2.17. The molecule has 0 aliphatic heterocycles. The molecule has 106 valence electrons. The van der Waals surface area contributed by atoms with Crippen molar-refractivity contribution in [3.8, 4) is 0 Å². The van der Waals surface area contributed by atoms with Gasteiger partial charge in [0.2, 0.25) is 0 Å². The number of pyridine rings is 1. The first-order valence-corrected chi connectivity index (χ1v) is 7.04. The third kappa shape index (κ3) is 5.07. The lowest BCUT2D eigenvalue weighted by molar-refractivity contribution is 0.0930. The molecule has 19 heavy (non-hydrogen) atoms. The summed E-state index contributed by atoms with van der Waals surface area (Å²) in [4.78, 5) is 16.3. The van der Waals surface area contributed by atoms with E-state index in [1.54, 1.807) is 12.1 Å². The Kier molecular flexibility index (Phi) is 6.09. The second-order valence-corrected chi connectivity index (χ2v) is 5.38. The SMILES string of the molecule is CCCNc1cc(C(=O)NC(C)C(C)C)cc(Cl)n1. The van der Waals surface area contributed by atoms with Gasteiger partial charge >= 0.3 is 0 Å². The Balaban J connectivity index is 2.81. The van der Waals surface area contributed by atoms with E-state index < -0.39 is 0 Å². The van der Waals surface area contributed by atoms with E-state index in [4.69, 9.17) is 11.6 Å². The van der Waals surface area contributed by atoms with Gasteiger partial charge in [-0.2, -0.15) is 0 Å². The summed E-state index contributed by atoms with van der Waals surface area (Å²) in [5.41, 5.74) is 0.533. The van der Waals surface area contributed by atoms with Gasteiger partial charge < -0.3 is 10.6 Å². The molecule has 0 aliphatic carbocycles. The van der Waals surface area contributed by atoms with E-state index in [0.29, 0.717) is 22.5 Å². The van der Waals surface area contributed by atoms with Crippen LogP contribution in [0, 0.1) is 5.92 Å². The number of carbonyl (C=O) groups is 1. The van der Waals surface area contributed by atoms with Gasteiger partial charge in [-0.25, -0.2) is 4.98 Å². The summed E-state index contributed by atoms with van der Waals surface area (Å²) < 4.78 is 0. The predicted octanol–water partition coefficient (Wildman–Crippen LogP) is 3.33. The van der Waals surface area contributed by atoms with Gasteiger partial charge in [0.05, 0.1) is 0 Å². The first kappa shape index (κ1) is 15.8. The van der Waals surface area contributed by atoms with Crippen molar-refractivity contribution in [2.24, 2.45) is 5.92 Å². The van der Waals surface area contributed by atoms with Gasteiger partial charge in [0, 0.05) is 18.2 Å². The van der Waals surface area contributed by atoms with Crippen molar-refractivity contribution in [1.82, 2.24) is 10.3 Å². The zero-order chi connectivity index (χ0) is 14.4. The van der Waals surface area contributed by atoms with E-state index in [-0.39, 0.29) is 11.9 Å². The predicted molar refractivity (Wildman–Crippen MR) is 79.8 cm³/mol. The summed E-state index contributed by atoms with van der Waals surface area (Å²) in [6, 6.07) is 3.43. The molecule has 1 aromatic rings. The summed E-state index contributed by atoms with van der Waals surface area (Å²) in [6.45, 7) is 8.99. The summed E-state index contributed by atoms with van der Waals surface area (Å²) in [5.74, 6) is 0.903. The lowest BCUT2D eigenvalue weighted by Crippen LogP contribution is -2.36. The molecule has 1 aromatic heterocycles. The van der Waals surface area contributed by atoms with Crippen LogP contribution in [0.5, 0.6) is 0 Å². The van der Waals surface area contributed by atoms with Crippen molar-refractivity contribution in [3.63, 3.8) is 0 Å². The van der Waals surface area contributed by atoms with Crippen LogP contribution in [-0.4, -0.2) is 23.5 Å². The van der Waals surface area contributed by atoms with Crippen molar-refractivity contribution in [1.29, 1.82) is 0 Å². The average Bonchev–Trinajstić information content (AvgIpc) is 2.35. The van der Waals surface area contributed by atoms with E-state index in [0.717, 1.165) is 13.0 Å². The fourth-order valence-corrected chi connectivity index (χ4v) is 1.64. The van der Waals surface area contributed by atoms with Crippen LogP contribution in [0.2, 0.25) is 5.15 Å². The Hall–Kier alpha value is -1.29. The van der Waals surface area contributed by atoms with Crippen molar-refractivity contribution < 1.29 is 4.79 Å². The highest BCUT2D eigenvalue weighted by molar-refractivity contribution is 6.29.